The Morgan fingerprint density at radius 1 is 1.24 bits per heavy atom. The van der Waals surface area contributed by atoms with Gasteiger partial charge in [-0.25, -0.2) is 9.67 Å². The van der Waals surface area contributed by atoms with Crippen LogP contribution in [-0.2, 0) is 6.18 Å². The van der Waals surface area contributed by atoms with Crippen molar-refractivity contribution in [3.63, 3.8) is 0 Å². The van der Waals surface area contributed by atoms with Crippen LogP contribution in [0.2, 0.25) is 5.02 Å². The Morgan fingerprint density at radius 3 is 2.63 bits per heavy atom. The van der Waals surface area contributed by atoms with Crippen LogP contribution in [0, 0.1) is 0 Å². The van der Waals surface area contributed by atoms with Crippen molar-refractivity contribution in [2.75, 3.05) is 17.3 Å². The van der Waals surface area contributed by atoms with E-state index in [0.717, 1.165) is 0 Å². The number of hydrogen-bond acceptors (Lipinski definition) is 6. The van der Waals surface area contributed by atoms with Crippen LogP contribution in [-0.4, -0.2) is 54.3 Å². The number of fused-ring (bicyclic) bond motifs is 1. The van der Waals surface area contributed by atoms with E-state index >= 15 is 0 Å². The Balaban J connectivity index is 1.82. The third-order valence-electron chi connectivity index (χ3n) is 5.28. The first-order chi connectivity index (χ1) is 17.8. The summed E-state index contributed by atoms with van der Waals surface area (Å²) in [5.74, 6) is -1.07. The van der Waals surface area contributed by atoms with Crippen molar-refractivity contribution in [3.05, 3.63) is 63.1 Å². The lowest BCUT2D eigenvalue weighted by molar-refractivity contribution is -0.141. The zero-order chi connectivity index (χ0) is 27.8. The van der Waals surface area contributed by atoms with E-state index in [1.165, 1.54) is 36.3 Å². The van der Waals surface area contributed by atoms with E-state index in [-0.39, 0.29) is 22.1 Å². The van der Waals surface area contributed by atoms with Crippen LogP contribution in [0.25, 0.3) is 16.7 Å². The van der Waals surface area contributed by atoms with Gasteiger partial charge in [0.15, 0.2) is 11.5 Å². The first-order valence-electron chi connectivity index (χ1n) is 10.9. The zero-order valence-electron chi connectivity index (χ0n) is 20.1. The molecule has 0 aliphatic heterocycles. The molecule has 200 valence electrons. The molecule has 3 N–H and O–H groups in total. The molecule has 0 radical (unpaired) electrons. The highest BCUT2D eigenvalue weighted by molar-refractivity contribution is 9.10. The molecule has 0 saturated heterocycles. The molecule has 9 nitrogen and oxygen atoms in total. The summed E-state index contributed by atoms with van der Waals surface area (Å²) in [7, 11) is 0. The third kappa shape index (κ3) is 5.66. The molecule has 0 bridgehead atoms. The van der Waals surface area contributed by atoms with E-state index in [4.69, 9.17) is 11.6 Å². The first kappa shape index (κ1) is 27.9. The summed E-state index contributed by atoms with van der Waals surface area (Å²) in [5.41, 5.74) is -2.02. The quantitative estimate of drug-likeness (QED) is 0.241. The van der Waals surface area contributed by atoms with Gasteiger partial charge >= 0.3 is 6.18 Å². The highest BCUT2D eigenvalue weighted by Gasteiger charge is 2.37. The minimum Gasteiger partial charge on any atom is -0.346 e. The molecule has 38 heavy (non-hydrogen) atoms. The van der Waals surface area contributed by atoms with Crippen LogP contribution in [0.5, 0.6) is 0 Å². The van der Waals surface area contributed by atoms with Crippen molar-refractivity contribution < 1.29 is 22.8 Å². The highest BCUT2D eigenvalue weighted by atomic mass is 79.9. The van der Waals surface area contributed by atoms with Crippen molar-refractivity contribution in [2.24, 2.45) is 0 Å². The summed E-state index contributed by atoms with van der Waals surface area (Å²) in [6.07, 6.45) is -0.133. The number of rotatable bonds is 7. The van der Waals surface area contributed by atoms with E-state index in [1.54, 1.807) is 6.07 Å². The first-order valence-corrected chi connectivity index (χ1v) is 13.5. The van der Waals surface area contributed by atoms with Crippen molar-refractivity contribution in [2.45, 2.75) is 25.6 Å². The number of nitrogens with one attached hydrogen (secondary N) is 3. The number of carbonyl (C=O) groups is 2. The van der Waals surface area contributed by atoms with Gasteiger partial charge in [-0.2, -0.15) is 35.1 Å². The second kappa shape index (κ2) is 10.6. The van der Waals surface area contributed by atoms with Gasteiger partial charge in [-0.05, 0) is 54.2 Å². The van der Waals surface area contributed by atoms with E-state index in [1.807, 2.05) is 20.1 Å². The lowest BCUT2D eigenvalue weighted by Crippen LogP contribution is -2.45. The van der Waals surface area contributed by atoms with Gasteiger partial charge in [0, 0.05) is 33.4 Å². The Kier molecular flexibility index (Phi) is 7.77. The number of thioether (sulfide) groups is 1. The van der Waals surface area contributed by atoms with Gasteiger partial charge in [-0.15, -0.1) is 0 Å². The van der Waals surface area contributed by atoms with Crippen LogP contribution in [0.4, 0.5) is 18.9 Å². The number of aromatic nitrogens is 5. The maximum absolute atomic E-state index is 13.5. The van der Waals surface area contributed by atoms with E-state index in [0.29, 0.717) is 31.9 Å². The van der Waals surface area contributed by atoms with Gasteiger partial charge < -0.3 is 10.6 Å². The summed E-state index contributed by atoms with van der Waals surface area (Å²) in [5, 5.41) is 16.3. The Morgan fingerprint density at radius 2 is 1.97 bits per heavy atom. The van der Waals surface area contributed by atoms with Crippen molar-refractivity contribution in [1.82, 2.24) is 30.3 Å². The number of H-pyrrole nitrogens is 1. The van der Waals surface area contributed by atoms with Gasteiger partial charge in [0.2, 0.25) is 0 Å². The molecule has 3 aromatic heterocycles. The average Bonchev–Trinajstić information content (AvgIpc) is 3.46. The van der Waals surface area contributed by atoms with Crippen LogP contribution in [0.3, 0.4) is 0 Å². The fraction of sp³-hybridized carbons (Fsp3) is 0.261. The summed E-state index contributed by atoms with van der Waals surface area (Å²) in [4.78, 5) is 30.9. The molecule has 15 heteroatoms. The van der Waals surface area contributed by atoms with Gasteiger partial charge in [0.05, 0.1) is 28.0 Å². The van der Waals surface area contributed by atoms with Crippen LogP contribution in [0.1, 0.15) is 40.4 Å². The molecule has 0 fully saturated rings. The largest absolute Gasteiger partial charge is 0.435 e. The molecule has 0 saturated carbocycles. The third-order valence-corrected chi connectivity index (χ3v) is 7.22. The lowest BCUT2D eigenvalue weighted by Gasteiger charge is -2.26. The second-order valence-electron chi connectivity index (χ2n) is 8.80. The zero-order valence-corrected chi connectivity index (χ0v) is 23.2. The van der Waals surface area contributed by atoms with Crippen molar-refractivity contribution in [1.29, 1.82) is 0 Å². The predicted molar refractivity (Wildman–Crippen MR) is 143 cm³/mol. The van der Waals surface area contributed by atoms with Gasteiger partial charge in [0.25, 0.3) is 11.8 Å². The number of hydrogen-bond donors (Lipinski definition) is 3. The van der Waals surface area contributed by atoms with E-state index in [9.17, 15) is 22.8 Å². The molecule has 0 aliphatic carbocycles. The average molecular weight is 631 g/mol. The molecule has 4 aromatic rings. The van der Waals surface area contributed by atoms with E-state index < -0.39 is 34.9 Å². The number of nitrogens with zero attached hydrogens (tertiary/aromatic N) is 4. The number of halogens is 5. The lowest BCUT2D eigenvalue weighted by atomic mass is 10.0. The smallest absolute Gasteiger partial charge is 0.346 e. The summed E-state index contributed by atoms with van der Waals surface area (Å²) < 4.78 is 41.7. The van der Waals surface area contributed by atoms with Crippen LogP contribution >= 0.6 is 39.3 Å². The molecule has 0 aliphatic rings. The molecule has 0 atom stereocenters. The van der Waals surface area contributed by atoms with Gasteiger partial charge in [-0.1, -0.05) is 11.6 Å². The molecular formula is C23H20BrClF3N7O2S. The maximum atomic E-state index is 13.5. The van der Waals surface area contributed by atoms with Gasteiger partial charge in [0.1, 0.15) is 5.69 Å². The number of aromatic amines is 1. The number of pyridine rings is 1. The molecule has 0 unspecified atom stereocenters. The maximum Gasteiger partial charge on any atom is 0.435 e. The Bertz CT molecular complexity index is 1540. The minimum absolute atomic E-state index is 0.0190. The van der Waals surface area contributed by atoms with Crippen LogP contribution in [0.15, 0.2) is 41.1 Å². The van der Waals surface area contributed by atoms with E-state index in [2.05, 4.69) is 46.8 Å². The van der Waals surface area contributed by atoms with Crippen molar-refractivity contribution >= 4 is 67.7 Å². The fourth-order valence-corrected chi connectivity index (χ4v) is 5.27. The molecule has 1 aromatic carbocycles. The minimum atomic E-state index is -4.84. The number of alkyl halides is 3. The standard InChI is InChI=1S/C23H20BrClF3N7O2S/c1-22(2,10-38-3)32-21(37)16-17-11(9-30-33-17)7-12(24)18(16)31-20(36)14-8-15(23(26,27)28)34-35(14)19-13(25)5-4-6-29-19/h4-9H,10H2,1-3H3,(H,30,33)(H,31,36)(H,32,37). The summed E-state index contributed by atoms with van der Waals surface area (Å²) >= 11 is 11.0. The number of amides is 2. The molecule has 0 spiro atoms. The normalized spacial score (nSPS) is 12.1. The fourth-order valence-electron chi connectivity index (χ4n) is 3.73. The van der Waals surface area contributed by atoms with Gasteiger partial charge in [-0.3, -0.25) is 14.7 Å². The SMILES string of the molecule is CSCC(C)(C)NC(=O)c1c(NC(=O)c2cc(C(F)(F)F)nn2-c2ncccc2Cl)c(Br)cc2cn[nH]c12. The predicted octanol–water partition coefficient (Wildman–Crippen LogP) is 5.70. The Hall–Kier alpha value is -3.10. The van der Waals surface area contributed by atoms with Crippen molar-refractivity contribution in [3.8, 4) is 5.82 Å². The molecular weight excluding hydrogens is 611 g/mol. The molecule has 4 rings (SSSR count). The highest BCUT2D eigenvalue weighted by Crippen LogP contribution is 2.35. The molecule has 2 amide bonds. The number of anilines is 1. The second-order valence-corrected chi connectivity index (χ2v) is 10.9. The topological polar surface area (TPSA) is 118 Å². The monoisotopic (exact) mass is 629 g/mol. The molecule has 3 heterocycles. The Labute approximate surface area is 232 Å². The van der Waals surface area contributed by atoms with Crippen LogP contribution < -0.4 is 10.6 Å². The summed E-state index contributed by atoms with van der Waals surface area (Å²) in [6.45, 7) is 3.69. The number of benzene rings is 1. The number of carbonyl (C=O) groups excluding carboxylic acids is 2. The summed E-state index contributed by atoms with van der Waals surface area (Å²) in [6, 6.07) is 5.10.